The van der Waals surface area contributed by atoms with E-state index in [2.05, 4.69) is 13.8 Å². The lowest BCUT2D eigenvalue weighted by molar-refractivity contribution is 0.387. The van der Waals surface area contributed by atoms with E-state index in [0.717, 1.165) is 0 Å². The van der Waals surface area contributed by atoms with E-state index in [-0.39, 0.29) is 0 Å². The molecule has 2 aliphatic rings. The van der Waals surface area contributed by atoms with Gasteiger partial charge in [-0.3, -0.25) is 0 Å². The highest BCUT2D eigenvalue weighted by Gasteiger charge is 2.30. The molecule has 2 aliphatic carbocycles. The first-order chi connectivity index (χ1) is 5.17. The van der Waals surface area contributed by atoms with Crippen molar-refractivity contribution in [3.63, 3.8) is 0 Å². The molecule has 0 aliphatic heterocycles. The van der Waals surface area contributed by atoms with Crippen LogP contribution >= 0.6 is 0 Å². The van der Waals surface area contributed by atoms with E-state index in [1.165, 1.54) is 38.5 Å². The summed E-state index contributed by atoms with van der Waals surface area (Å²) in [5.41, 5.74) is 4.25. The number of hydrogen-bond donors (Lipinski definition) is 0. The summed E-state index contributed by atoms with van der Waals surface area (Å²) >= 11 is 0. The summed E-state index contributed by atoms with van der Waals surface area (Å²) in [6, 6.07) is 0. The summed E-state index contributed by atoms with van der Waals surface area (Å²) in [4.78, 5) is 0. The number of hydrogen-bond acceptors (Lipinski definition) is 0. The van der Waals surface area contributed by atoms with Gasteiger partial charge in [0.05, 0.1) is 0 Å². The largest absolute Gasteiger partial charge is 0.0704 e. The molecule has 0 atom stereocenters. The normalized spacial score (nSPS) is 28.9. The molecule has 0 bridgehead atoms. The van der Waals surface area contributed by atoms with Gasteiger partial charge >= 0.3 is 0 Å². The fourth-order valence-corrected chi connectivity index (χ4v) is 2.67. The Morgan fingerprint density at radius 2 is 1.36 bits per heavy atom. The Morgan fingerprint density at radius 3 is 1.82 bits per heavy atom. The van der Waals surface area contributed by atoms with Crippen molar-refractivity contribution in [3.05, 3.63) is 11.1 Å². The molecule has 0 spiro atoms. The van der Waals surface area contributed by atoms with Crippen molar-refractivity contribution in [1.29, 1.82) is 0 Å². The predicted molar refractivity (Wildman–Crippen MR) is 48.5 cm³/mol. The van der Waals surface area contributed by atoms with Crippen LogP contribution in [0.5, 0.6) is 0 Å². The Balaban J connectivity index is 2.16. The standard InChI is InChI=1S/C11H18/c1-11(2)7-9-5-3-4-6-10(9)8-11/h3-8H2,1-2H3. The van der Waals surface area contributed by atoms with Gasteiger partial charge in [-0.05, 0) is 43.9 Å². The molecule has 0 aromatic carbocycles. The molecular weight excluding hydrogens is 132 g/mol. The van der Waals surface area contributed by atoms with Gasteiger partial charge in [-0.25, -0.2) is 0 Å². The van der Waals surface area contributed by atoms with Crippen molar-refractivity contribution >= 4 is 0 Å². The first-order valence-corrected chi connectivity index (χ1v) is 4.87. The lowest BCUT2D eigenvalue weighted by atomic mass is 9.89. The molecule has 11 heavy (non-hydrogen) atoms. The second-order valence-corrected chi connectivity index (χ2v) is 4.93. The van der Waals surface area contributed by atoms with Crippen LogP contribution in [0.15, 0.2) is 11.1 Å². The number of allylic oxidation sites excluding steroid dienone is 2. The van der Waals surface area contributed by atoms with Crippen molar-refractivity contribution in [1.82, 2.24) is 0 Å². The smallest absolute Gasteiger partial charge is 0.0263 e. The van der Waals surface area contributed by atoms with Crippen LogP contribution < -0.4 is 0 Å². The van der Waals surface area contributed by atoms with Gasteiger partial charge in [0.1, 0.15) is 0 Å². The molecule has 0 unspecified atom stereocenters. The molecule has 0 radical (unpaired) electrons. The predicted octanol–water partition coefficient (Wildman–Crippen LogP) is 3.68. The molecule has 0 nitrogen and oxygen atoms in total. The van der Waals surface area contributed by atoms with Crippen LogP contribution in [0, 0.1) is 5.41 Å². The van der Waals surface area contributed by atoms with Crippen LogP contribution in [0.25, 0.3) is 0 Å². The minimum absolute atomic E-state index is 0.606. The molecule has 0 amide bonds. The molecule has 0 aromatic heterocycles. The number of rotatable bonds is 0. The van der Waals surface area contributed by atoms with Gasteiger partial charge in [-0.2, -0.15) is 0 Å². The van der Waals surface area contributed by atoms with Gasteiger partial charge in [0.2, 0.25) is 0 Å². The van der Waals surface area contributed by atoms with Crippen LogP contribution in [0.4, 0.5) is 0 Å². The van der Waals surface area contributed by atoms with Crippen LogP contribution in [0.3, 0.4) is 0 Å². The van der Waals surface area contributed by atoms with Crippen molar-refractivity contribution in [3.8, 4) is 0 Å². The Bertz CT molecular complexity index is 176. The zero-order valence-corrected chi connectivity index (χ0v) is 7.74. The van der Waals surface area contributed by atoms with Crippen molar-refractivity contribution in [2.45, 2.75) is 52.4 Å². The van der Waals surface area contributed by atoms with Crippen LogP contribution in [-0.2, 0) is 0 Å². The molecular formula is C11H18. The SMILES string of the molecule is CC1(C)CC2=C(CCCC2)C1. The third-order valence-electron chi connectivity index (χ3n) is 3.09. The second-order valence-electron chi connectivity index (χ2n) is 4.93. The molecule has 62 valence electrons. The third-order valence-corrected chi connectivity index (χ3v) is 3.09. The molecule has 2 rings (SSSR count). The van der Waals surface area contributed by atoms with Gasteiger partial charge in [0, 0.05) is 0 Å². The van der Waals surface area contributed by atoms with E-state index < -0.39 is 0 Å². The first kappa shape index (κ1) is 7.39. The summed E-state index contributed by atoms with van der Waals surface area (Å²) < 4.78 is 0. The molecule has 0 saturated carbocycles. The lowest BCUT2D eigenvalue weighted by Gasteiger charge is -2.16. The van der Waals surface area contributed by atoms with Crippen LogP contribution in [-0.4, -0.2) is 0 Å². The maximum atomic E-state index is 2.41. The summed E-state index contributed by atoms with van der Waals surface area (Å²) in [6.07, 6.45) is 8.52. The molecule has 0 fully saturated rings. The average molecular weight is 150 g/mol. The van der Waals surface area contributed by atoms with E-state index in [1.807, 2.05) is 11.1 Å². The summed E-state index contributed by atoms with van der Waals surface area (Å²) in [7, 11) is 0. The first-order valence-electron chi connectivity index (χ1n) is 4.87. The van der Waals surface area contributed by atoms with Crippen LogP contribution in [0.1, 0.15) is 52.4 Å². The zero-order valence-electron chi connectivity index (χ0n) is 7.74. The van der Waals surface area contributed by atoms with Crippen molar-refractivity contribution in [2.24, 2.45) is 5.41 Å². The monoisotopic (exact) mass is 150 g/mol. The highest BCUT2D eigenvalue weighted by atomic mass is 14.4. The van der Waals surface area contributed by atoms with E-state index in [4.69, 9.17) is 0 Å². The molecule has 0 N–H and O–H groups in total. The van der Waals surface area contributed by atoms with Crippen molar-refractivity contribution < 1.29 is 0 Å². The summed E-state index contributed by atoms with van der Waals surface area (Å²) in [5, 5.41) is 0. The molecule has 0 saturated heterocycles. The molecule has 0 heteroatoms. The highest BCUT2D eigenvalue weighted by Crippen LogP contribution is 2.46. The Hall–Kier alpha value is -0.260. The minimum Gasteiger partial charge on any atom is -0.0704 e. The fraction of sp³-hybridized carbons (Fsp3) is 0.818. The maximum Gasteiger partial charge on any atom is -0.0263 e. The fourth-order valence-electron chi connectivity index (χ4n) is 2.67. The van der Waals surface area contributed by atoms with E-state index in [0.29, 0.717) is 5.41 Å². The van der Waals surface area contributed by atoms with Gasteiger partial charge in [-0.15, -0.1) is 0 Å². The maximum absolute atomic E-state index is 2.41. The zero-order chi connectivity index (χ0) is 7.90. The third kappa shape index (κ3) is 1.36. The van der Waals surface area contributed by atoms with Gasteiger partial charge in [0.25, 0.3) is 0 Å². The Labute approximate surface area is 69.7 Å². The van der Waals surface area contributed by atoms with Crippen LogP contribution in [0.2, 0.25) is 0 Å². The van der Waals surface area contributed by atoms with Gasteiger partial charge in [-0.1, -0.05) is 25.0 Å². The topological polar surface area (TPSA) is 0 Å². The lowest BCUT2D eigenvalue weighted by Crippen LogP contribution is -2.04. The average Bonchev–Trinajstić information content (AvgIpc) is 2.21. The van der Waals surface area contributed by atoms with Gasteiger partial charge in [0.15, 0.2) is 0 Å². The van der Waals surface area contributed by atoms with E-state index in [9.17, 15) is 0 Å². The summed E-state index contributed by atoms with van der Waals surface area (Å²) in [5.74, 6) is 0. The Kier molecular flexibility index (Phi) is 1.59. The molecule has 0 heterocycles. The summed E-state index contributed by atoms with van der Waals surface area (Å²) in [6.45, 7) is 4.82. The highest BCUT2D eigenvalue weighted by molar-refractivity contribution is 5.25. The van der Waals surface area contributed by atoms with Crippen molar-refractivity contribution in [2.75, 3.05) is 0 Å². The second kappa shape index (κ2) is 2.36. The Morgan fingerprint density at radius 1 is 0.909 bits per heavy atom. The molecule has 0 aromatic rings. The van der Waals surface area contributed by atoms with E-state index in [1.54, 1.807) is 0 Å². The van der Waals surface area contributed by atoms with Gasteiger partial charge < -0.3 is 0 Å². The minimum atomic E-state index is 0.606. The quantitative estimate of drug-likeness (QED) is 0.462. The van der Waals surface area contributed by atoms with E-state index >= 15 is 0 Å².